The average Bonchev–Trinajstić information content (AvgIpc) is 3.24. The zero-order valence-electron chi connectivity index (χ0n) is 37.4. The molecule has 26 nitrogen and oxygen atoms in total. The fourth-order valence-electron chi connectivity index (χ4n) is 5.40. The van der Waals surface area contributed by atoms with Crippen molar-refractivity contribution in [3.8, 4) is 0 Å². The van der Waals surface area contributed by atoms with Gasteiger partial charge < -0.3 is 74.0 Å². The van der Waals surface area contributed by atoms with E-state index in [1.54, 1.807) is 6.26 Å². The van der Waals surface area contributed by atoms with E-state index >= 15 is 0 Å². The van der Waals surface area contributed by atoms with Gasteiger partial charge in [-0.3, -0.25) is 52.7 Å². The average molecular weight is 981 g/mol. The van der Waals surface area contributed by atoms with Crippen LogP contribution in [0, 0.1) is 5.92 Å². The summed E-state index contributed by atoms with van der Waals surface area (Å²) in [6.45, 7) is 2.05. The fourth-order valence-corrected chi connectivity index (χ4v) is 6.37. The van der Waals surface area contributed by atoms with Crippen LogP contribution in [0.2, 0.25) is 0 Å². The molecule has 374 valence electrons. The largest absolute Gasteiger partial charge is 0.481 e. The molecule has 7 atom stereocenters. The highest BCUT2D eigenvalue weighted by Crippen LogP contribution is 2.08. The Bertz CT molecular complexity index is 1710. The number of nitrogens with two attached hydrogens (primary N) is 1. The number of hydrogen-bond acceptors (Lipinski definition) is 16. The number of nitrogens with one attached hydrogen (secondary N) is 9. The molecule has 66 heavy (non-hydrogen) atoms. The number of thioether (sulfide) groups is 2. The molecule has 0 heterocycles. The fraction of sp³-hybridized carbons (Fsp3) is 0.684. The lowest BCUT2D eigenvalue weighted by Gasteiger charge is -2.25. The first-order valence-electron chi connectivity index (χ1n) is 20.6. The van der Waals surface area contributed by atoms with Crippen LogP contribution in [0.25, 0.3) is 0 Å². The van der Waals surface area contributed by atoms with Gasteiger partial charge in [0.15, 0.2) is 6.04 Å². The first kappa shape index (κ1) is 60.3. The molecule has 0 rings (SSSR count). The smallest absolute Gasteiger partial charge is 0.328 e. The minimum atomic E-state index is -1.84. The summed E-state index contributed by atoms with van der Waals surface area (Å²) in [5.41, 5.74) is 5.93. The first-order valence-corrected chi connectivity index (χ1v) is 23.4. The summed E-state index contributed by atoms with van der Waals surface area (Å²) in [5, 5.41) is 57.8. The van der Waals surface area contributed by atoms with Crippen LogP contribution in [0.3, 0.4) is 0 Å². The lowest BCUT2D eigenvalue weighted by atomic mass is 10.0. The monoisotopic (exact) mass is 980 g/mol. The standard InChI is InChI=1S/C38H64N10O16S2/c1-19(2)14-25(47-33(58)21(39)10-12-65-4)35(60)43-18-29(53)45-24(11-13-66-5)34(59)42-16-27(51)40-15-26(50)41-17-28(52)44-22(6-8-30(54)55)36(61)46-23(7-9-31(56)57)37(62)48-32(20(3)49)38(63)64/h19-25,32,49H,6-18,39H2,1-5H3,(H,40,51)(H,41,50)(H,42,59)(H,43,60)(H,44,52)(H,45,53)(H,46,61)(H,47,58)(H,48,62)(H,54,55)(H,56,57)(H,63,64)/t20-,21+,22+,23+,24+,25+,32+/m1/s1. The van der Waals surface area contributed by atoms with Gasteiger partial charge in [-0.1, -0.05) is 13.8 Å². The van der Waals surface area contributed by atoms with Gasteiger partial charge in [0.25, 0.3) is 0 Å². The van der Waals surface area contributed by atoms with Crippen LogP contribution in [-0.2, 0) is 57.5 Å². The molecule has 0 aromatic carbocycles. The van der Waals surface area contributed by atoms with Crippen LogP contribution < -0.4 is 53.6 Å². The molecule has 0 fully saturated rings. The lowest BCUT2D eigenvalue weighted by Crippen LogP contribution is -2.58. The van der Waals surface area contributed by atoms with Crippen molar-refractivity contribution in [2.45, 2.75) is 108 Å². The number of amides is 9. The number of hydrogen-bond donors (Lipinski definition) is 14. The third-order valence-corrected chi connectivity index (χ3v) is 10.2. The van der Waals surface area contributed by atoms with Gasteiger partial charge >= 0.3 is 17.9 Å². The van der Waals surface area contributed by atoms with Gasteiger partial charge in [0, 0.05) is 12.8 Å². The van der Waals surface area contributed by atoms with E-state index in [1.165, 1.54) is 23.5 Å². The molecule has 28 heteroatoms. The van der Waals surface area contributed by atoms with E-state index in [9.17, 15) is 67.7 Å². The summed E-state index contributed by atoms with van der Waals surface area (Å²) in [7, 11) is 0. The molecule has 0 unspecified atom stereocenters. The minimum absolute atomic E-state index is 0.00134. The Morgan fingerprint density at radius 3 is 1.33 bits per heavy atom. The summed E-state index contributed by atoms with van der Waals surface area (Å²) in [6.07, 6.45) is 0.340. The molecule has 0 aromatic rings. The molecule has 9 amide bonds. The molecule has 0 aliphatic rings. The van der Waals surface area contributed by atoms with Gasteiger partial charge in [-0.25, -0.2) is 4.79 Å². The summed E-state index contributed by atoms with van der Waals surface area (Å²) >= 11 is 2.89. The van der Waals surface area contributed by atoms with Gasteiger partial charge in [0.2, 0.25) is 53.2 Å². The predicted octanol–water partition coefficient (Wildman–Crippen LogP) is -5.05. The number of carbonyl (C=O) groups is 12. The second kappa shape index (κ2) is 32.8. The lowest BCUT2D eigenvalue weighted by molar-refractivity contribution is -0.145. The Hall–Kier alpha value is -5.74. The maximum Gasteiger partial charge on any atom is 0.328 e. The Balaban J connectivity index is 5.31. The first-order chi connectivity index (χ1) is 30.9. The van der Waals surface area contributed by atoms with Gasteiger partial charge in [-0.2, -0.15) is 23.5 Å². The van der Waals surface area contributed by atoms with Crippen molar-refractivity contribution >= 4 is 94.6 Å². The summed E-state index contributed by atoms with van der Waals surface area (Å²) < 4.78 is 0. The third kappa shape index (κ3) is 26.9. The number of aliphatic hydroxyl groups excluding tert-OH is 1. The van der Waals surface area contributed by atoms with Crippen LogP contribution in [0.1, 0.15) is 65.7 Å². The normalized spacial score (nSPS) is 14.0. The van der Waals surface area contributed by atoms with Crippen molar-refractivity contribution < 1.29 is 78.0 Å². The van der Waals surface area contributed by atoms with E-state index in [2.05, 4.69) is 42.5 Å². The molecule has 0 aliphatic carbocycles. The maximum atomic E-state index is 13.1. The van der Waals surface area contributed by atoms with Crippen LogP contribution in [0.4, 0.5) is 0 Å². The molecular weight excluding hydrogens is 917 g/mol. The summed E-state index contributed by atoms with van der Waals surface area (Å²) in [6, 6.07) is -8.14. The van der Waals surface area contributed by atoms with E-state index in [1.807, 2.05) is 25.4 Å². The number of aliphatic carboxylic acids is 3. The van der Waals surface area contributed by atoms with E-state index in [4.69, 9.17) is 15.9 Å². The molecule has 0 saturated heterocycles. The van der Waals surface area contributed by atoms with Crippen molar-refractivity contribution in [3.63, 3.8) is 0 Å². The van der Waals surface area contributed by atoms with Crippen molar-refractivity contribution in [2.75, 3.05) is 50.2 Å². The molecule has 0 radical (unpaired) electrons. The SMILES string of the molecule is CSCC[C@H](NC(=O)CNC(=O)[C@H](CC(C)C)NC(=O)[C@@H](N)CCSC)C(=O)NCC(=O)NCC(=O)NCC(=O)N[C@@H](CCC(=O)O)C(=O)N[C@@H](CCC(=O)O)C(=O)N[C@H](C(=O)O)[C@@H](C)O. The highest BCUT2D eigenvalue weighted by Gasteiger charge is 2.32. The Labute approximate surface area is 389 Å². The number of carboxylic acids is 3. The molecule has 0 saturated carbocycles. The molecule has 0 spiro atoms. The van der Waals surface area contributed by atoms with Crippen molar-refractivity contribution in [1.82, 2.24) is 47.9 Å². The zero-order chi connectivity index (χ0) is 50.5. The molecule has 0 bridgehead atoms. The number of rotatable bonds is 34. The molecule has 0 aromatic heterocycles. The maximum absolute atomic E-state index is 13.1. The quantitative estimate of drug-likeness (QED) is 0.0287. The second-order valence-electron chi connectivity index (χ2n) is 15.1. The van der Waals surface area contributed by atoms with Crippen LogP contribution in [-0.4, -0.2) is 184 Å². The van der Waals surface area contributed by atoms with Crippen molar-refractivity contribution in [1.29, 1.82) is 0 Å². The van der Waals surface area contributed by atoms with Gasteiger partial charge in [0.05, 0.1) is 38.3 Å². The van der Waals surface area contributed by atoms with Gasteiger partial charge in [-0.15, -0.1) is 0 Å². The molecule has 0 aliphatic heterocycles. The van der Waals surface area contributed by atoms with Gasteiger partial charge in [-0.05, 0) is 69.0 Å². The zero-order valence-corrected chi connectivity index (χ0v) is 39.0. The van der Waals surface area contributed by atoms with E-state index in [-0.39, 0.29) is 18.8 Å². The third-order valence-electron chi connectivity index (χ3n) is 8.94. The Morgan fingerprint density at radius 1 is 0.485 bits per heavy atom. The van der Waals surface area contributed by atoms with E-state index < -0.39 is 165 Å². The number of carboxylic acid groups (broad SMARTS) is 3. The van der Waals surface area contributed by atoms with E-state index in [0.29, 0.717) is 17.9 Å². The Kier molecular flexibility index (Phi) is 30.0. The highest BCUT2D eigenvalue weighted by molar-refractivity contribution is 7.98. The van der Waals surface area contributed by atoms with Gasteiger partial charge in [0.1, 0.15) is 24.2 Å². The summed E-state index contributed by atoms with van der Waals surface area (Å²) in [4.78, 5) is 149. The highest BCUT2D eigenvalue weighted by atomic mass is 32.2. The van der Waals surface area contributed by atoms with Crippen molar-refractivity contribution in [3.05, 3.63) is 0 Å². The summed E-state index contributed by atoms with van der Waals surface area (Å²) in [5.74, 6) is -11.2. The van der Waals surface area contributed by atoms with Crippen LogP contribution >= 0.6 is 23.5 Å². The molecule has 15 N–H and O–H groups in total. The van der Waals surface area contributed by atoms with Crippen LogP contribution in [0.5, 0.6) is 0 Å². The predicted molar refractivity (Wildman–Crippen MR) is 238 cm³/mol. The number of aliphatic hydroxyl groups is 1. The topological polar surface area (TPSA) is 420 Å². The molecular formula is C38H64N10O16S2. The van der Waals surface area contributed by atoms with E-state index in [0.717, 1.165) is 6.92 Å². The second-order valence-corrected chi connectivity index (χ2v) is 17.1. The minimum Gasteiger partial charge on any atom is -0.481 e. The van der Waals surface area contributed by atoms with Crippen molar-refractivity contribution in [2.24, 2.45) is 11.7 Å². The Morgan fingerprint density at radius 2 is 0.879 bits per heavy atom. The van der Waals surface area contributed by atoms with Crippen LogP contribution in [0.15, 0.2) is 0 Å². The number of carbonyl (C=O) groups excluding carboxylic acids is 9.